The average molecular weight is 447 g/mol. The Morgan fingerprint density at radius 3 is 2.67 bits per heavy atom. The van der Waals surface area contributed by atoms with Gasteiger partial charge in [-0.25, -0.2) is 4.39 Å². The van der Waals surface area contributed by atoms with Gasteiger partial charge in [0.2, 0.25) is 5.91 Å². The average Bonchev–Trinajstić information content (AvgIpc) is 2.83. The number of hydrogen-bond donors (Lipinski definition) is 3. The quantitative estimate of drug-likeness (QED) is 0.370. The summed E-state index contributed by atoms with van der Waals surface area (Å²) in [6, 6.07) is 22.0. The molecule has 0 saturated carbocycles. The first-order valence-corrected chi connectivity index (χ1v) is 11.0. The fourth-order valence-electron chi connectivity index (χ4n) is 3.85. The zero-order valence-electron chi connectivity index (χ0n) is 18.5. The van der Waals surface area contributed by atoms with Crippen LogP contribution >= 0.6 is 0 Å². The van der Waals surface area contributed by atoms with E-state index in [0.717, 1.165) is 16.8 Å². The SMILES string of the molecule is CN=C(NCCc1ccc(Oc2ccccc2)c(F)c1)NCC1CC(=O)Nc2ccccc21. The zero-order valence-corrected chi connectivity index (χ0v) is 18.5. The maximum atomic E-state index is 14.5. The van der Waals surface area contributed by atoms with Gasteiger partial charge in [0.25, 0.3) is 0 Å². The molecule has 0 bridgehead atoms. The summed E-state index contributed by atoms with van der Waals surface area (Å²) in [5.74, 6) is 1.13. The van der Waals surface area contributed by atoms with E-state index in [1.807, 2.05) is 48.5 Å². The molecule has 0 spiro atoms. The van der Waals surface area contributed by atoms with Crippen LogP contribution in [0.25, 0.3) is 0 Å². The number of aliphatic imine (C=N–C) groups is 1. The van der Waals surface area contributed by atoms with E-state index in [1.165, 1.54) is 6.07 Å². The summed E-state index contributed by atoms with van der Waals surface area (Å²) in [6.45, 7) is 1.17. The molecule has 0 fully saturated rings. The van der Waals surface area contributed by atoms with Crippen LogP contribution in [-0.4, -0.2) is 32.0 Å². The number of nitrogens with one attached hydrogen (secondary N) is 3. The van der Waals surface area contributed by atoms with E-state index in [1.54, 1.807) is 25.2 Å². The number of benzene rings is 3. The van der Waals surface area contributed by atoms with Crippen LogP contribution in [0.3, 0.4) is 0 Å². The van der Waals surface area contributed by atoms with Gasteiger partial charge in [0, 0.05) is 38.2 Å². The third-order valence-corrected chi connectivity index (χ3v) is 5.52. The van der Waals surface area contributed by atoms with Crippen molar-refractivity contribution in [3.8, 4) is 11.5 Å². The summed E-state index contributed by atoms with van der Waals surface area (Å²) >= 11 is 0. The van der Waals surface area contributed by atoms with E-state index in [2.05, 4.69) is 20.9 Å². The van der Waals surface area contributed by atoms with Crippen LogP contribution in [0.4, 0.5) is 10.1 Å². The van der Waals surface area contributed by atoms with Crippen molar-refractivity contribution in [2.75, 3.05) is 25.5 Å². The minimum Gasteiger partial charge on any atom is -0.454 e. The molecule has 1 atom stereocenters. The number of guanidine groups is 1. The maximum absolute atomic E-state index is 14.5. The van der Waals surface area contributed by atoms with Gasteiger partial charge >= 0.3 is 0 Å². The Balaban J connectivity index is 1.27. The summed E-state index contributed by atoms with van der Waals surface area (Å²) in [6.07, 6.45) is 1.05. The third kappa shape index (κ3) is 5.88. The van der Waals surface area contributed by atoms with E-state index >= 15 is 0 Å². The molecule has 4 rings (SSSR count). The van der Waals surface area contributed by atoms with E-state index in [4.69, 9.17) is 4.74 Å². The number of para-hydroxylation sites is 2. The second kappa shape index (κ2) is 10.6. The molecule has 1 aliphatic heterocycles. The largest absolute Gasteiger partial charge is 0.454 e. The number of fused-ring (bicyclic) bond motifs is 1. The number of rotatable bonds is 7. The van der Waals surface area contributed by atoms with Gasteiger partial charge in [-0.1, -0.05) is 42.5 Å². The van der Waals surface area contributed by atoms with Crippen molar-refractivity contribution in [1.82, 2.24) is 10.6 Å². The minimum atomic E-state index is -0.395. The van der Waals surface area contributed by atoms with Gasteiger partial charge in [0.05, 0.1) is 0 Å². The summed E-state index contributed by atoms with van der Waals surface area (Å²) in [7, 11) is 1.70. The zero-order chi connectivity index (χ0) is 23.0. The fraction of sp³-hybridized carbons (Fsp3) is 0.231. The normalized spacial score (nSPS) is 15.4. The van der Waals surface area contributed by atoms with Crippen molar-refractivity contribution in [1.29, 1.82) is 0 Å². The van der Waals surface area contributed by atoms with Gasteiger partial charge in [0.1, 0.15) is 5.75 Å². The molecule has 3 aromatic rings. The van der Waals surface area contributed by atoms with Gasteiger partial charge in [0.15, 0.2) is 17.5 Å². The van der Waals surface area contributed by atoms with Crippen LogP contribution in [0.5, 0.6) is 11.5 Å². The third-order valence-electron chi connectivity index (χ3n) is 5.52. The molecular formula is C26H27FN4O2. The van der Waals surface area contributed by atoms with Gasteiger partial charge in [-0.05, 0) is 47.9 Å². The Bertz CT molecular complexity index is 1130. The lowest BCUT2D eigenvalue weighted by Gasteiger charge is -2.26. The Morgan fingerprint density at radius 1 is 1.09 bits per heavy atom. The standard InChI is InChI=1S/C26H27FN4O2/c1-28-26(30-17-19-16-25(32)31-23-10-6-5-9-21(19)23)29-14-13-18-11-12-24(22(27)15-18)33-20-7-3-2-4-8-20/h2-12,15,19H,13-14,16-17H2,1H3,(H,31,32)(H2,28,29,30). The predicted octanol–water partition coefficient (Wildman–Crippen LogP) is 4.45. The monoisotopic (exact) mass is 446 g/mol. The molecule has 1 aliphatic rings. The predicted molar refractivity (Wildman–Crippen MR) is 128 cm³/mol. The van der Waals surface area contributed by atoms with Crippen molar-refractivity contribution < 1.29 is 13.9 Å². The number of halogens is 1. The van der Waals surface area contributed by atoms with Gasteiger partial charge in [-0.3, -0.25) is 9.79 Å². The second-order valence-electron chi connectivity index (χ2n) is 7.85. The van der Waals surface area contributed by atoms with Crippen molar-refractivity contribution in [2.24, 2.45) is 4.99 Å². The highest BCUT2D eigenvalue weighted by Gasteiger charge is 2.24. The topological polar surface area (TPSA) is 74.8 Å². The number of hydrogen-bond acceptors (Lipinski definition) is 3. The number of amides is 1. The van der Waals surface area contributed by atoms with Gasteiger partial charge < -0.3 is 20.7 Å². The molecule has 33 heavy (non-hydrogen) atoms. The Kier molecular flexibility index (Phi) is 7.19. The highest BCUT2D eigenvalue weighted by Crippen LogP contribution is 2.31. The van der Waals surface area contributed by atoms with Crippen LogP contribution in [0, 0.1) is 5.82 Å². The van der Waals surface area contributed by atoms with Crippen LogP contribution in [0.1, 0.15) is 23.5 Å². The van der Waals surface area contributed by atoms with Crippen molar-refractivity contribution in [3.05, 3.63) is 89.7 Å². The smallest absolute Gasteiger partial charge is 0.225 e. The lowest BCUT2D eigenvalue weighted by Crippen LogP contribution is -2.41. The summed E-state index contributed by atoms with van der Waals surface area (Å²) in [5.41, 5.74) is 2.84. The number of ether oxygens (including phenoxy) is 1. The van der Waals surface area contributed by atoms with E-state index in [9.17, 15) is 9.18 Å². The van der Waals surface area contributed by atoms with Crippen molar-refractivity contribution in [3.63, 3.8) is 0 Å². The summed E-state index contributed by atoms with van der Waals surface area (Å²) in [4.78, 5) is 16.3. The molecule has 0 aromatic heterocycles. The lowest BCUT2D eigenvalue weighted by molar-refractivity contribution is -0.116. The van der Waals surface area contributed by atoms with Crippen LogP contribution < -0.4 is 20.7 Å². The molecule has 0 aliphatic carbocycles. The van der Waals surface area contributed by atoms with E-state index in [0.29, 0.717) is 37.6 Å². The van der Waals surface area contributed by atoms with Crippen LogP contribution in [-0.2, 0) is 11.2 Å². The number of carbonyl (C=O) groups excluding carboxylic acids is 1. The first kappa shape index (κ1) is 22.3. The van der Waals surface area contributed by atoms with Crippen molar-refractivity contribution in [2.45, 2.75) is 18.8 Å². The maximum Gasteiger partial charge on any atom is 0.225 e. The number of anilines is 1. The molecule has 1 heterocycles. The Hall–Kier alpha value is -3.87. The molecule has 1 unspecified atom stereocenters. The summed E-state index contributed by atoms with van der Waals surface area (Å²) < 4.78 is 20.1. The molecule has 7 heteroatoms. The molecule has 1 amide bonds. The molecule has 170 valence electrons. The fourth-order valence-corrected chi connectivity index (χ4v) is 3.85. The van der Waals surface area contributed by atoms with Gasteiger partial charge in [-0.2, -0.15) is 0 Å². The van der Waals surface area contributed by atoms with Crippen molar-refractivity contribution >= 4 is 17.6 Å². The summed E-state index contributed by atoms with van der Waals surface area (Å²) in [5, 5.41) is 9.46. The molecule has 0 radical (unpaired) electrons. The highest BCUT2D eigenvalue weighted by atomic mass is 19.1. The molecule has 0 saturated heterocycles. The minimum absolute atomic E-state index is 0.0187. The highest BCUT2D eigenvalue weighted by molar-refractivity contribution is 5.94. The number of nitrogens with zero attached hydrogens (tertiary/aromatic N) is 1. The van der Waals surface area contributed by atoms with Crippen LogP contribution in [0.2, 0.25) is 0 Å². The Labute approximate surface area is 192 Å². The second-order valence-corrected chi connectivity index (χ2v) is 7.85. The first-order valence-electron chi connectivity index (χ1n) is 11.0. The number of carbonyl (C=O) groups is 1. The van der Waals surface area contributed by atoms with Gasteiger partial charge in [-0.15, -0.1) is 0 Å². The van der Waals surface area contributed by atoms with E-state index < -0.39 is 5.82 Å². The first-order chi connectivity index (χ1) is 16.1. The van der Waals surface area contributed by atoms with Crippen LogP contribution in [0.15, 0.2) is 77.8 Å². The molecular weight excluding hydrogens is 419 g/mol. The molecule has 3 N–H and O–H groups in total. The molecule has 6 nitrogen and oxygen atoms in total. The van der Waals surface area contributed by atoms with E-state index in [-0.39, 0.29) is 17.6 Å². The lowest BCUT2D eigenvalue weighted by atomic mass is 9.90. The molecule has 3 aromatic carbocycles. The Morgan fingerprint density at radius 2 is 1.88 bits per heavy atom.